The lowest BCUT2D eigenvalue weighted by Crippen LogP contribution is -2.43. The van der Waals surface area contributed by atoms with E-state index in [2.05, 4.69) is 67.7 Å². The number of unbranched alkanes of at least 4 members (excludes halogenated alkanes) is 1. The molecule has 0 aliphatic carbocycles. The van der Waals surface area contributed by atoms with Gasteiger partial charge in [0, 0.05) is 30.1 Å². The Labute approximate surface area is 310 Å². The lowest BCUT2D eigenvalue weighted by Gasteiger charge is -2.39. The zero-order valence-corrected chi connectivity index (χ0v) is 31.9. The van der Waals surface area contributed by atoms with Crippen molar-refractivity contribution in [1.29, 1.82) is 0 Å². The van der Waals surface area contributed by atoms with Crippen LogP contribution >= 0.6 is 0 Å². The summed E-state index contributed by atoms with van der Waals surface area (Å²) in [5.74, 6) is 0.0276. The van der Waals surface area contributed by atoms with Gasteiger partial charge in [-0.25, -0.2) is 4.79 Å². The molecule has 0 saturated carbocycles. The minimum Gasteiger partial charge on any atom is -0.506 e. The van der Waals surface area contributed by atoms with Crippen LogP contribution in [0.3, 0.4) is 0 Å². The molecule has 0 aliphatic rings. The van der Waals surface area contributed by atoms with Gasteiger partial charge in [0.15, 0.2) is 8.32 Å². The van der Waals surface area contributed by atoms with Crippen LogP contribution < -0.4 is 16.2 Å². The Morgan fingerprint density at radius 1 is 0.925 bits per heavy atom. The normalized spacial score (nSPS) is 12.7. The summed E-state index contributed by atoms with van der Waals surface area (Å²) in [5.41, 5.74) is 7.23. The first-order valence-electron chi connectivity index (χ1n) is 18.0. The molecule has 5 N–H and O–H groups in total. The number of aromatic nitrogens is 4. The maximum absolute atomic E-state index is 12.1. The predicted molar refractivity (Wildman–Crippen MR) is 213 cm³/mol. The van der Waals surface area contributed by atoms with Gasteiger partial charge in [-0.3, -0.25) is 10.1 Å². The monoisotopic (exact) mass is 732 g/mol. The van der Waals surface area contributed by atoms with Crippen LogP contribution in [-0.4, -0.2) is 51.1 Å². The Kier molecular flexibility index (Phi) is 11.1. The number of carbonyl (C=O) groups is 1. The molecule has 276 valence electrons. The Balaban J connectivity index is 1.09. The number of carboxylic acid groups (broad SMARTS) is 1. The van der Waals surface area contributed by atoms with Crippen molar-refractivity contribution < 1.29 is 19.4 Å². The van der Waals surface area contributed by atoms with E-state index in [1.807, 2.05) is 54.6 Å². The number of aromatic amines is 1. The van der Waals surface area contributed by atoms with Crippen LogP contribution in [0.15, 0.2) is 95.8 Å². The quantitative estimate of drug-likeness (QED) is 0.0551. The van der Waals surface area contributed by atoms with Gasteiger partial charge in [-0.05, 0) is 90.0 Å². The van der Waals surface area contributed by atoms with E-state index in [0.717, 1.165) is 63.5 Å². The second kappa shape index (κ2) is 15.7. The number of hydrogen-bond donors (Lipinski definition) is 5. The van der Waals surface area contributed by atoms with E-state index in [0.29, 0.717) is 30.8 Å². The van der Waals surface area contributed by atoms with E-state index in [9.17, 15) is 19.8 Å². The first kappa shape index (κ1) is 37.5. The Bertz CT molecular complexity index is 2280. The highest BCUT2D eigenvalue weighted by Gasteiger charge is 2.39. The molecular weight excluding hydrogens is 685 g/mol. The molecule has 53 heavy (non-hydrogen) atoms. The predicted octanol–water partition coefficient (Wildman–Crippen LogP) is 8.61. The number of hydrogen-bond acceptors (Lipinski definition) is 7. The van der Waals surface area contributed by atoms with Crippen molar-refractivity contribution in [1.82, 2.24) is 25.3 Å². The summed E-state index contributed by atoms with van der Waals surface area (Å²) in [6, 6.07) is 28.5. The molecule has 11 nitrogen and oxygen atoms in total. The highest BCUT2D eigenvalue weighted by atomic mass is 28.4. The number of nitrogens with one attached hydrogen (secondary N) is 3. The van der Waals surface area contributed by atoms with Gasteiger partial charge < -0.3 is 24.9 Å². The lowest BCUT2D eigenvalue weighted by atomic mass is 9.99. The Hall–Kier alpha value is -5.30. The number of anilines is 1. The highest BCUT2D eigenvalue weighted by molar-refractivity contribution is 6.74. The van der Waals surface area contributed by atoms with Crippen molar-refractivity contribution in [3.63, 3.8) is 0 Å². The molecule has 2 heterocycles. The minimum atomic E-state index is -2.20. The average molecular weight is 733 g/mol. The van der Waals surface area contributed by atoms with Crippen molar-refractivity contribution in [2.45, 2.75) is 77.4 Å². The van der Waals surface area contributed by atoms with E-state index in [1.165, 1.54) is 6.07 Å². The minimum absolute atomic E-state index is 0.0136. The summed E-state index contributed by atoms with van der Waals surface area (Å²) in [7, 11) is -2.20. The maximum atomic E-state index is 12.1. The fraction of sp³-hybridized carbons (Fsp3) is 0.317. The molecule has 0 saturated heterocycles. The third kappa shape index (κ3) is 9.02. The van der Waals surface area contributed by atoms with Gasteiger partial charge in [0.2, 0.25) is 5.56 Å². The molecule has 2 aromatic heterocycles. The third-order valence-electron chi connectivity index (χ3n) is 10.1. The first-order chi connectivity index (χ1) is 25.3. The number of rotatable bonds is 14. The molecular formula is C41H48N6O5Si. The molecule has 0 fully saturated rings. The van der Waals surface area contributed by atoms with Crippen LogP contribution in [0.4, 0.5) is 10.5 Å². The number of phenols is 1. The van der Waals surface area contributed by atoms with E-state index >= 15 is 0 Å². The van der Waals surface area contributed by atoms with E-state index in [4.69, 9.17) is 14.6 Å². The SMILES string of the molecule is CC(C)(C)[Si](C)(C)O[C@@H](CNCc1ccc2nn(CCCCc3ccc(-c4ccccc4)c(NC(=O)O)c3)nc2c1)c1ccc(O)c2[nH]c(=O)ccc12. The maximum Gasteiger partial charge on any atom is 0.409 e. The number of amides is 1. The number of phenolic OH excluding ortho intramolecular Hbond substituents is 1. The molecule has 0 unspecified atom stereocenters. The van der Waals surface area contributed by atoms with E-state index in [1.54, 1.807) is 16.9 Å². The van der Waals surface area contributed by atoms with Gasteiger partial charge in [0.1, 0.15) is 16.8 Å². The summed E-state index contributed by atoms with van der Waals surface area (Å²) < 4.78 is 6.95. The topological polar surface area (TPSA) is 154 Å². The smallest absolute Gasteiger partial charge is 0.409 e. The van der Waals surface area contributed by atoms with Crippen LogP contribution in [0, 0.1) is 0 Å². The Morgan fingerprint density at radius 3 is 2.43 bits per heavy atom. The van der Waals surface area contributed by atoms with Crippen LogP contribution in [0.25, 0.3) is 33.1 Å². The van der Waals surface area contributed by atoms with Crippen molar-refractivity contribution in [2.24, 2.45) is 0 Å². The number of benzene rings is 4. The second-order valence-electron chi connectivity index (χ2n) is 15.0. The van der Waals surface area contributed by atoms with Crippen molar-refractivity contribution in [3.8, 4) is 16.9 Å². The van der Waals surface area contributed by atoms with Gasteiger partial charge in [-0.2, -0.15) is 15.0 Å². The number of fused-ring (bicyclic) bond motifs is 2. The van der Waals surface area contributed by atoms with Crippen molar-refractivity contribution in [3.05, 3.63) is 118 Å². The first-order valence-corrected chi connectivity index (χ1v) is 20.9. The molecule has 6 rings (SSSR count). The summed E-state index contributed by atoms with van der Waals surface area (Å²) in [5, 5.41) is 36.3. The van der Waals surface area contributed by atoms with Gasteiger partial charge in [0.05, 0.1) is 23.9 Å². The van der Waals surface area contributed by atoms with Gasteiger partial charge >= 0.3 is 6.09 Å². The second-order valence-corrected chi connectivity index (χ2v) is 19.8. The summed E-state index contributed by atoms with van der Waals surface area (Å²) in [6.07, 6.45) is 1.17. The van der Waals surface area contributed by atoms with E-state index < -0.39 is 14.4 Å². The molecule has 1 amide bonds. The van der Waals surface area contributed by atoms with E-state index in [-0.39, 0.29) is 22.5 Å². The number of H-pyrrole nitrogens is 1. The molecule has 0 radical (unpaired) electrons. The molecule has 0 bridgehead atoms. The van der Waals surface area contributed by atoms with Crippen molar-refractivity contribution in [2.75, 3.05) is 11.9 Å². The number of aryl methyl sites for hydroxylation is 2. The van der Waals surface area contributed by atoms with Gasteiger partial charge in [-0.1, -0.05) is 75.4 Å². The fourth-order valence-corrected chi connectivity index (χ4v) is 7.54. The average Bonchev–Trinajstić information content (AvgIpc) is 3.52. The largest absolute Gasteiger partial charge is 0.506 e. The molecule has 6 aromatic rings. The number of aromatic hydroxyl groups is 1. The number of pyridine rings is 1. The molecule has 1 atom stereocenters. The highest BCUT2D eigenvalue weighted by Crippen LogP contribution is 2.41. The molecule has 4 aromatic carbocycles. The third-order valence-corrected chi connectivity index (χ3v) is 14.6. The summed E-state index contributed by atoms with van der Waals surface area (Å²) in [6.45, 7) is 12.9. The van der Waals surface area contributed by atoms with Crippen LogP contribution in [-0.2, 0) is 23.9 Å². The summed E-state index contributed by atoms with van der Waals surface area (Å²) >= 11 is 0. The fourth-order valence-electron chi connectivity index (χ4n) is 6.27. The van der Waals surface area contributed by atoms with Crippen LogP contribution in [0.2, 0.25) is 18.1 Å². The van der Waals surface area contributed by atoms with Gasteiger partial charge in [-0.15, -0.1) is 0 Å². The lowest BCUT2D eigenvalue weighted by molar-refractivity contribution is 0.181. The van der Waals surface area contributed by atoms with Gasteiger partial charge in [0.25, 0.3) is 0 Å². The Morgan fingerprint density at radius 2 is 1.68 bits per heavy atom. The zero-order valence-electron chi connectivity index (χ0n) is 30.9. The number of nitrogens with zero attached hydrogens (tertiary/aromatic N) is 3. The summed E-state index contributed by atoms with van der Waals surface area (Å²) in [4.78, 5) is 28.1. The molecule has 0 spiro atoms. The van der Waals surface area contributed by atoms with Crippen LogP contribution in [0.5, 0.6) is 5.75 Å². The molecule has 0 aliphatic heterocycles. The standard InChI is InChI=1S/C41H48N6O5Si/c1-41(2,3)53(4,5)52-37(31-17-20-36(48)39-32(31)18-21-38(49)44-39)26-42-25-28-15-19-33-35(24-28)46-47(45-33)22-10-9-11-27-14-16-30(29-12-7-6-8-13-29)34(23-27)43-40(50)51/h6-8,12-21,23-24,37,42-43,48H,9-11,22,25-26H2,1-5H3,(H,44,49)(H,50,51)/t37-/m0/s1. The van der Waals surface area contributed by atoms with Crippen molar-refractivity contribution >= 4 is 42.0 Å². The zero-order chi connectivity index (χ0) is 37.8. The van der Waals surface area contributed by atoms with Crippen LogP contribution in [0.1, 0.15) is 56.4 Å². The molecule has 12 heteroatoms.